The average Bonchev–Trinajstić information content (AvgIpc) is 1.67. The first-order valence-electron chi connectivity index (χ1n) is 32.9. The maximum Gasteiger partial charge on any atom is 0.246 e. The van der Waals surface area contributed by atoms with Crippen LogP contribution in [0.5, 0.6) is 0 Å². The van der Waals surface area contributed by atoms with Gasteiger partial charge in [0.05, 0.1) is 41.1 Å². The molecular weight excluding hydrogens is 1190 g/mol. The zero-order chi connectivity index (χ0) is 71.3. The topological polar surface area (TPSA) is 342 Å². The Morgan fingerprint density at radius 1 is 0.527 bits per heavy atom. The van der Waals surface area contributed by atoms with Gasteiger partial charge in [-0.05, 0) is 99.5 Å². The van der Waals surface area contributed by atoms with Gasteiger partial charge in [0.15, 0.2) is 0 Å². The molecule has 1 fully saturated rings. The van der Waals surface area contributed by atoms with E-state index in [1.807, 2.05) is 69.2 Å². The normalized spacial score (nSPS) is 25.6. The Labute approximate surface area is 552 Å². The van der Waals surface area contributed by atoms with E-state index < -0.39 is 150 Å². The van der Waals surface area contributed by atoms with E-state index >= 15 is 14.4 Å². The van der Waals surface area contributed by atoms with Crippen LogP contribution in [0.2, 0.25) is 0 Å². The number of anilines is 2. The second kappa shape index (κ2) is 34.6. The highest BCUT2D eigenvalue weighted by Crippen LogP contribution is 2.30. The third-order valence-corrected chi connectivity index (χ3v) is 17.8. The van der Waals surface area contributed by atoms with E-state index in [-0.39, 0.29) is 55.8 Å². The lowest BCUT2D eigenvalue weighted by atomic mass is 9.91. The van der Waals surface area contributed by atoms with Gasteiger partial charge in [0.2, 0.25) is 59.1 Å². The smallest absolute Gasteiger partial charge is 0.246 e. The fraction of sp³-hybridized carbons (Fsp3) is 0.716. The Bertz CT molecular complexity index is 2920. The van der Waals surface area contributed by atoms with Crippen LogP contribution in [0.1, 0.15) is 149 Å². The lowest BCUT2D eigenvalue weighted by Gasteiger charge is -2.44. The number of aromatic amines is 1. The number of benzene rings is 1. The Hall–Kier alpha value is -7.51. The van der Waals surface area contributed by atoms with Gasteiger partial charge in [0.1, 0.15) is 60.2 Å². The number of nitrogens with zero attached hydrogens (tertiary/aromatic N) is 8. The predicted molar refractivity (Wildman–Crippen MR) is 362 cm³/mol. The van der Waals surface area contributed by atoms with Crippen molar-refractivity contribution in [1.29, 1.82) is 0 Å². The van der Waals surface area contributed by atoms with E-state index in [2.05, 4.69) is 37.8 Å². The number of aromatic nitrogens is 2. The van der Waals surface area contributed by atoms with Crippen molar-refractivity contribution in [3.05, 3.63) is 30.2 Å². The Morgan fingerprint density at radius 2 is 1.00 bits per heavy atom. The standard InChI is InChI=1S/C67H115N15O11/c1-25-46-64(90)76(18)33-54(83)78(20)50(27-35(4)5)61(87)75-55(38(10)11)66(92)80(22)51(28-36(6)7)60(86)70-41(15)59(85)71-42(16)63(89)81(23)52(29-37(8)9)65(91)79(21)49(26-34(2)3)43(17)77(19)56(39(12)13)67(93)82(24)57(62(88)74-46)58(84)40(14)30-53-72-47-31-44(68)45(69)32-48(47)73-53/h31-32,34-42,46,49-52,55-58,84H,17,25-30,33,68-69H2,1-16,18-24H3,(H,70,86)(H,71,85)(H,72,73)(H,74,88)(H,75,87)/t40-,41+,42-,46+,49+,50+,51+,52+,55+,56+,57+,58-/m1/s1. The molecule has 1 saturated heterocycles. The van der Waals surface area contributed by atoms with Crippen LogP contribution in [0.25, 0.3) is 11.0 Å². The van der Waals surface area contributed by atoms with Crippen molar-refractivity contribution in [2.75, 3.05) is 67.3 Å². The van der Waals surface area contributed by atoms with Gasteiger partial charge in [-0.1, -0.05) is 104 Å². The quantitative estimate of drug-likeness (QED) is 0.118. The number of aliphatic hydroxyl groups is 1. The molecule has 26 nitrogen and oxygen atoms in total. The van der Waals surface area contributed by atoms with Crippen molar-refractivity contribution < 1.29 is 53.1 Å². The predicted octanol–water partition coefficient (Wildman–Crippen LogP) is 3.57. The van der Waals surface area contributed by atoms with Crippen LogP contribution in [0.15, 0.2) is 24.4 Å². The number of H-pyrrole nitrogens is 1. The van der Waals surface area contributed by atoms with E-state index in [9.17, 15) is 38.7 Å². The average molecular weight is 1310 g/mol. The largest absolute Gasteiger partial charge is 0.397 e. The lowest BCUT2D eigenvalue weighted by Crippen LogP contribution is -2.62. The first kappa shape index (κ1) is 79.7. The molecule has 0 spiro atoms. The highest BCUT2D eigenvalue weighted by molar-refractivity contribution is 5.98. The number of carbonyl (C=O) groups excluding carboxylic acids is 10. The van der Waals surface area contributed by atoms with Crippen LogP contribution in [0.4, 0.5) is 11.4 Å². The maximum atomic E-state index is 15.5. The molecule has 0 radical (unpaired) electrons. The van der Waals surface area contributed by atoms with Gasteiger partial charge < -0.3 is 77.1 Å². The number of fused-ring (bicyclic) bond motifs is 1. The van der Waals surface area contributed by atoms with Gasteiger partial charge in [0.25, 0.3) is 0 Å². The summed E-state index contributed by atoms with van der Waals surface area (Å²) in [6.45, 7) is 32.6. The molecule has 3 rings (SSSR count). The summed E-state index contributed by atoms with van der Waals surface area (Å²) in [6.07, 6.45) is -0.639. The summed E-state index contributed by atoms with van der Waals surface area (Å²) in [7, 11) is 10.4. The third-order valence-electron chi connectivity index (χ3n) is 17.8. The molecule has 10 N–H and O–H groups in total. The molecule has 2 heterocycles. The monoisotopic (exact) mass is 1310 g/mol. The zero-order valence-electron chi connectivity index (χ0n) is 60.0. The SMILES string of the molecule is C=C1[C@H](CC(C)C)N(C)C(=O)[C@H](CC(C)C)N(C)C(=O)[C@@H](C)NC(=O)[C@H](C)NC(=O)[C@H](CC(C)C)N(C)C(=O)[C@H](C(C)C)NC(=O)[C@H](CC(C)C)N(C)C(=O)CN(C)C(=O)[C@H](CC)NC(=O)[C@H]([C@H](O)[C@H](C)Cc2nc3cc(N)c(N)cc3[nH]2)N(C)C(=O)[C@H](C(C)C)N1C. The first-order valence-corrected chi connectivity index (χ1v) is 32.9. The van der Waals surface area contributed by atoms with Gasteiger partial charge in [-0.3, -0.25) is 47.9 Å². The molecule has 10 amide bonds. The number of nitrogen functional groups attached to an aromatic ring is 2. The number of hydrogen-bond donors (Lipinski definition) is 8. The fourth-order valence-electron chi connectivity index (χ4n) is 12.0. The van der Waals surface area contributed by atoms with E-state index in [1.54, 1.807) is 58.8 Å². The van der Waals surface area contributed by atoms with Crippen LogP contribution in [0.3, 0.4) is 0 Å². The van der Waals surface area contributed by atoms with Gasteiger partial charge in [0, 0.05) is 61.5 Å². The highest BCUT2D eigenvalue weighted by Gasteiger charge is 2.45. The summed E-state index contributed by atoms with van der Waals surface area (Å²) in [5.41, 5.74) is 14.3. The van der Waals surface area contributed by atoms with E-state index in [0.29, 0.717) is 40.4 Å². The molecule has 1 aromatic carbocycles. The summed E-state index contributed by atoms with van der Waals surface area (Å²) in [5.74, 6) is -8.32. The number of hydrogen-bond acceptors (Lipinski definition) is 15. The number of nitrogens with two attached hydrogens (primary N) is 2. The van der Waals surface area contributed by atoms with Crippen LogP contribution in [0, 0.1) is 41.4 Å². The summed E-state index contributed by atoms with van der Waals surface area (Å²) in [6, 6.07) is -8.46. The van der Waals surface area contributed by atoms with Crippen molar-refractivity contribution in [2.45, 2.75) is 216 Å². The summed E-state index contributed by atoms with van der Waals surface area (Å²) in [5, 5.41) is 23.7. The second-order valence-electron chi connectivity index (χ2n) is 28.3. The van der Waals surface area contributed by atoms with E-state index in [0.717, 1.165) is 9.80 Å². The Balaban J connectivity index is 2.33. The van der Waals surface area contributed by atoms with Crippen LogP contribution in [-0.2, 0) is 54.4 Å². The molecule has 0 bridgehead atoms. The first-order chi connectivity index (χ1) is 43.0. The van der Waals surface area contributed by atoms with Crippen molar-refractivity contribution in [1.82, 2.24) is 65.5 Å². The van der Waals surface area contributed by atoms with E-state index in [1.165, 1.54) is 68.7 Å². The number of amides is 10. The number of imidazole rings is 1. The number of aliphatic hydroxyl groups excluding tert-OH is 1. The molecule has 0 saturated carbocycles. The van der Waals surface area contributed by atoms with Gasteiger partial charge in [-0.2, -0.15) is 0 Å². The molecule has 2 aromatic rings. The number of rotatable bonds is 15. The third kappa shape index (κ3) is 20.7. The second-order valence-corrected chi connectivity index (χ2v) is 28.3. The van der Waals surface area contributed by atoms with Crippen LogP contribution in [-0.4, -0.2) is 231 Å². The molecule has 524 valence electrons. The Morgan fingerprint density at radius 3 is 1.52 bits per heavy atom. The summed E-state index contributed by atoms with van der Waals surface area (Å²) < 4.78 is 0. The Kier molecular flexibility index (Phi) is 29.7. The zero-order valence-corrected chi connectivity index (χ0v) is 60.0. The lowest BCUT2D eigenvalue weighted by molar-refractivity contribution is -0.150. The molecule has 26 heteroatoms. The molecular formula is C67H115N15O11. The molecule has 1 aliphatic rings. The number of nitrogens with one attached hydrogen (secondary N) is 5. The van der Waals surface area contributed by atoms with Gasteiger partial charge >= 0.3 is 0 Å². The summed E-state index contributed by atoms with van der Waals surface area (Å²) >= 11 is 0. The highest BCUT2D eigenvalue weighted by atomic mass is 16.3. The molecule has 1 aromatic heterocycles. The van der Waals surface area contributed by atoms with Gasteiger partial charge in [-0.25, -0.2) is 4.98 Å². The molecule has 1 aliphatic heterocycles. The van der Waals surface area contributed by atoms with Crippen molar-refractivity contribution in [2.24, 2.45) is 41.4 Å². The minimum Gasteiger partial charge on any atom is -0.397 e. The molecule has 0 unspecified atom stereocenters. The molecule has 12 atom stereocenters. The summed E-state index contributed by atoms with van der Waals surface area (Å²) in [4.78, 5) is 164. The van der Waals surface area contributed by atoms with Crippen LogP contribution >= 0.6 is 0 Å². The van der Waals surface area contributed by atoms with Crippen molar-refractivity contribution in [3.63, 3.8) is 0 Å². The number of likely N-dealkylation sites (N-methyl/N-ethyl adjacent to an activating group) is 7. The van der Waals surface area contributed by atoms with Crippen molar-refractivity contribution >= 4 is 81.5 Å². The molecule has 93 heavy (non-hydrogen) atoms. The van der Waals surface area contributed by atoms with Crippen LogP contribution < -0.4 is 32.7 Å². The van der Waals surface area contributed by atoms with Gasteiger partial charge in [-0.15, -0.1) is 0 Å². The van der Waals surface area contributed by atoms with E-state index in [4.69, 9.17) is 11.5 Å². The fourth-order valence-corrected chi connectivity index (χ4v) is 12.0. The maximum absolute atomic E-state index is 15.5. The molecule has 0 aliphatic carbocycles. The van der Waals surface area contributed by atoms with Crippen molar-refractivity contribution in [3.8, 4) is 0 Å². The number of carbonyl (C=O) groups is 10. The minimum atomic E-state index is -1.66. The minimum absolute atomic E-state index is 0.00699.